The van der Waals surface area contributed by atoms with Crippen LogP contribution in [-0.4, -0.2) is 31.5 Å². The maximum atomic E-state index is 13.3. The van der Waals surface area contributed by atoms with Gasteiger partial charge < -0.3 is 4.90 Å². The summed E-state index contributed by atoms with van der Waals surface area (Å²) < 4.78 is 35.3. The zero-order valence-electron chi connectivity index (χ0n) is 10.5. The fourth-order valence-corrected chi connectivity index (χ4v) is 3.60. The third-order valence-corrected chi connectivity index (χ3v) is 4.31. The van der Waals surface area contributed by atoms with Gasteiger partial charge in [0.1, 0.15) is 11.5 Å². The number of rotatable bonds is 4. The molecule has 1 aliphatic rings. The number of hydrogen-bond acceptors (Lipinski definition) is 5. The molecule has 1 heterocycles. The van der Waals surface area contributed by atoms with Gasteiger partial charge in [0.25, 0.3) is 5.69 Å². The molecule has 1 amide bonds. The molecule has 1 fully saturated rings. The van der Waals surface area contributed by atoms with E-state index in [1.807, 2.05) is 0 Å². The van der Waals surface area contributed by atoms with E-state index < -0.39 is 43.1 Å². The molecule has 1 atom stereocenters. The van der Waals surface area contributed by atoms with Crippen LogP contribution in [0.5, 0.6) is 0 Å². The molecule has 0 N–H and O–H groups in total. The van der Waals surface area contributed by atoms with Crippen molar-refractivity contribution in [2.24, 2.45) is 5.92 Å². The molecule has 1 aromatic carbocycles. The number of anilines is 1. The third kappa shape index (κ3) is 3.67. The minimum absolute atomic E-state index is 0.0604. The average Bonchev–Trinajstić information content (AvgIpc) is 2.66. The Morgan fingerprint density at radius 2 is 2.14 bits per heavy atom. The smallest absolute Gasteiger partial charge is 0.293 e. The molecule has 1 saturated heterocycles. The van der Waals surface area contributed by atoms with Gasteiger partial charge in [-0.2, -0.15) is 0 Å². The minimum atomic E-state index is -3.79. The fourth-order valence-electron chi connectivity index (χ4n) is 2.27. The lowest BCUT2D eigenvalue weighted by molar-refractivity contribution is -0.384. The number of carbonyl (C=O) groups is 1. The second-order valence-corrected chi connectivity index (χ2v) is 7.49. The molecule has 114 valence electrons. The Morgan fingerprint density at radius 1 is 1.48 bits per heavy atom. The summed E-state index contributed by atoms with van der Waals surface area (Å²) in [6.45, 7) is -0.0604. The summed E-state index contributed by atoms with van der Waals surface area (Å²) in [6.07, 6.45) is -0.111. The van der Waals surface area contributed by atoms with Crippen LogP contribution in [0.3, 0.4) is 0 Å². The molecule has 0 radical (unpaired) electrons. The maximum Gasteiger partial charge on any atom is 0.293 e. The Labute approximate surface area is 123 Å². The van der Waals surface area contributed by atoms with Crippen molar-refractivity contribution in [3.05, 3.63) is 34.1 Å². The second-order valence-electron chi connectivity index (χ2n) is 4.67. The van der Waals surface area contributed by atoms with Crippen LogP contribution in [0.1, 0.15) is 6.42 Å². The fraction of sp³-hybridized carbons (Fsp3) is 0.364. The average molecular weight is 337 g/mol. The van der Waals surface area contributed by atoms with Crippen LogP contribution < -0.4 is 4.90 Å². The van der Waals surface area contributed by atoms with Gasteiger partial charge in [0.05, 0.1) is 10.7 Å². The molecule has 0 aliphatic carbocycles. The largest absolute Gasteiger partial charge is 0.306 e. The highest BCUT2D eigenvalue weighted by Gasteiger charge is 2.36. The van der Waals surface area contributed by atoms with Crippen molar-refractivity contribution in [3.63, 3.8) is 0 Å². The molecule has 0 spiro atoms. The molecule has 1 aliphatic heterocycles. The van der Waals surface area contributed by atoms with E-state index in [4.69, 9.17) is 10.7 Å². The first kappa shape index (κ1) is 15.6. The van der Waals surface area contributed by atoms with E-state index in [2.05, 4.69) is 0 Å². The standard InChI is InChI=1S/C11H10ClFN2O5S/c12-21(19,20)6-7-3-11(16)14(5-7)10-4-8(13)1-2-9(10)15(17)18/h1-2,4,7H,3,5-6H2. The van der Waals surface area contributed by atoms with E-state index in [-0.39, 0.29) is 18.7 Å². The van der Waals surface area contributed by atoms with Gasteiger partial charge in [-0.3, -0.25) is 14.9 Å². The van der Waals surface area contributed by atoms with Crippen molar-refractivity contribution in [3.8, 4) is 0 Å². The maximum absolute atomic E-state index is 13.3. The monoisotopic (exact) mass is 336 g/mol. The van der Waals surface area contributed by atoms with Gasteiger partial charge in [0.2, 0.25) is 15.0 Å². The lowest BCUT2D eigenvalue weighted by atomic mass is 10.1. The van der Waals surface area contributed by atoms with E-state index in [0.29, 0.717) is 0 Å². The highest BCUT2D eigenvalue weighted by molar-refractivity contribution is 8.13. The normalized spacial score (nSPS) is 19.0. The molecule has 0 aromatic heterocycles. The lowest BCUT2D eigenvalue weighted by Gasteiger charge is -2.16. The zero-order valence-corrected chi connectivity index (χ0v) is 12.1. The first-order valence-corrected chi connectivity index (χ1v) is 8.32. The number of benzene rings is 1. The summed E-state index contributed by atoms with van der Waals surface area (Å²) in [7, 11) is 1.35. The Balaban J connectivity index is 2.33. The van der Waals surface area contributed by atoms with Gasteiger partial charge in [-0.05, 0) is 6.07 Å². The molecule has 2 rings (SSSR count). The Hall–Kier alpha value is -1.74. The van der Waals surface area contributed by atoms with Crippen molar-refractivity contribution < 1.29 is 22.5 Å². The van der Waals surface area contributed by atoms with Gasteiger partial charge in [-0.25, -0.2) is 12.8 Å². The Bertz CT molecular complexity index is 709. The van der Waals surface area contributed by atoms with Gasteiger partial charge >= 0.3 is 0 Å². The third-order valence-electron chi connectivity index (χ3n) is 3.06. The van der Waals surface area contributed by atoms with Crippen LogP contribution in [0.25, 0.3) is 0 Å². The van der Waals surface area contributed by atoms with Crippen molar-refractivity contribution in [1.82, 2.24) is 0 Å². The molecule has 0 saturated carbocycles. The first-order valence-electron chi connectivity index (χ1n) is 5.84. The molecule has 21 heavy (non-hydrogen) atoms. The van der Waals surface area contributed by atoms with Crippen LogP contribution in [0.4, 0.5) is 15.8 Å². The molecule has 1 aromatic rings. The Kier molecular flexibility index (Phi) is 4.15. The summed E-state index contributed by atoms with van der Waals surface area (Å²) in [5, 5.41) is 10.9. The molecular formula is C11H10ClFN2O5S. The highest BCUT2D eigenvalue weighted by atomic mass is 35.7. The highest BCUT2D eigenvalue weighted by Crippen LogP contribution is 2.34. The minimum Gasteiger partial charge on any atom is -0.306 e. The van der Waals surface area contributed by atoms with Crippen LogP contribution in [-0.2, 0) is 13.8 Å². The molecule has 1 unspecified atom stereocenters. The molecule has 7 nitrogen and oxygen atoms in total. The number of hydrogen-bond donors (Lipinski definition) is 0. The summed E-state index contributed by atoms with van der Waals surface area (Å²) in [5.41, 5.74) is -0.599. The SMILES string of the molecule is O=C1CC(CS(=O)(=O)Cl)CN1c1cc(F)ccc1[N+](=O)[O-]. The van der Waals surface area contributed by atoms with E-state index in [9.17, 15) is 27.7 Å². The van der Waals surface area contributed by atoms with E-state index in [1.54, 1.807) is 0 Å². The van der Waals surface area contributed by atoms with E-state index in [0.717, 1.165) is 23.1 Å². The van der Waals surface area contributed by atoms with Gasteiger partial charge in [-0.15, -0.1) is 0 Å². The summed E-state index contributed by atoms with van der Waals surface area (Å²) >= 11 is 0. The number of halogens is 2. The number of amides is 1. The molecule has 10 heteroatoms. The molecule has 0 bridgehead atoms. The first-order chi connectivity index (χ1) is 9.67. The van der Waals surface area contributed by atoms with Crippen LogP contribution in [0.2, 0.25) is 0 Å². The predicted molar refractivity (Wildman–Crippen MR) is 73.2 cm³/mol. The summed E-state index contributed by atoms with van der Waals surface area (Å²) in [6, 6.07) is 2.76. The van der Waals surface area contributed by atoms with Crippen molar-refractivity contribution in [2.45, 2.75) is 6.42 Å². The lowest BCUT2D eigenvalue weighted by Crippen LogP contribution is -2.26. The van der Waals surface area contributed by atoms with Crippen molar-refractivity contribution >= 4 is 37.0 Å². The van der Waals surface area contributed by atoms with E-state index >= 15 is 0 Å². The Morgan fingerprint density at radius 3 is 2.71 bits per heavy atom. The second kappa shape index (κ2) is 5.57. The van der Waals surface area contributed by atoms with Crippen molar-refractivity contribution in [1.29, 1.82) is 0 Å². The zero-order chi connectivity index (χ0) is 15.8. The topological polar surface area (TPSA) is 97.6 Å². The van der Waals surface area contributed by atoms with Gasteiger partial charge in [0, 0.05) is 41.7 Å². The van der Waals surface area contributed by atoms with E-state index in [1.165, 1.54) is 0 Å². The van der Waals surface area contributed by atoms with Crippen molar-refractivity contribution in [2.75, 3.05) is 17.2 Å². The summed E-state index contributed by atoms with van der Waals surface area (Å²) in [4.78, 5) is 23.1. The van der Waals surface area contributed by atoms with Crippen LogP contribution >= 0.6 is 10.7 Å². The van der Waals surface area contributed by atoms with Crippen LogP contribution in [0, 0.1) is 21.8 Å². The quantitative estimate of drug-likeness (QED) is 0.473. The predicted octanol–water partition coefficient (Wildman–Crippen LogP) is 1.66. The molecular weight excluding hydrogens is 327 g/mol. The number of nitro groups is 1. The number of nitrogens with zero attached hydrogens (tertiary/aromatic N) is 2. The number of nitro benzene ring substituents is 1. The van der Waals surface area contributed by atoms with Gasteiger partial charge in [0.15, 0.2) is 0 Å². The van der Waals surface area contributed by atoms with Crippen LogP contribution in [0.15, 0.2) is 18.2 Å². The summed E-state index contributed by atoms with van der Waals surface area (Å²) in [5.74, 6) is -2.23. The number of carbonyl (C=O) groups excluding carboxylic acids is 1. The van der Waals surface area contributed by atoms with Gasteiger partial charge in [-0.1, -0.05) is 0 Å².